The van der Waals surface area contributed by atoms with Crippen LogP contribution in [0.4, 0.5) is 16.0 Å². The van der Waals surface area contributed by atoms with Crippen LogP contribution in [0.1, 0.15) is 0 Å². The normalized spacial score (nSPS) is 14.0. The quantitative estimate of drug-likeness (QED) is 0.387. The average Bonchev–Trinajstić information content (AvgIpc) is 3.39. The van der Waals surface area contributed by atoms with Gasteiger partial charge in [-0.2, -0.15) is 4.98 Å². The van der Waals surface area contributed by atoms with Gasteiger partial charge in [0, 0.05) is 43.3 Å². The van der Waals surface area contributed by atoms with Gasteiger partial charge in [-0.1, -0.05) is 41.6 Å². The minimum atomic E-state index is -0.342. The van der Waals surface area contributed by atoms with Crippen molar-refractivity contribution in [2.24, 2.45) is 0 Å². The number of hydrogen-bond donors (Lipinski definition) is 0. The first kappa shape index (κ1) is 20.3. The molecule has 5 aromatic rings. The minimum absolute atomic E-state index is 0.342. The minimum Gasteiger partial charge on any atom is -0.353 e. The number of pyridine rings is 2. The van der Waals surface area contributed by atoms with E-state index >= 15 is 0 Å². The van der Waals surface area contributed by atoms with E-state index in [0.29, 0.717) is 17.3 Å². The highest BCUT2D eigenvalue weighted by Gasteiger charge is 2.22. The summed E-state index contributed by atoms with van der Waals surface area (Å²) in [5, 5.41) is 5.02. The van der Waals surface area contributed by atoms with Crippen molar-refractivity contribution in [1.29, 1.82) is 0 Å². The second-order valence-corrected chi connectivity index (χ2v) is 8.14. The molecule has 0 spiro atoms. The monoisotopic (exact) mass is 452 g/mol. The Morgan fingerprint density at radius 2 is 1.56 bits per heavy atom. The molecule has 1 saturated heterocycles. The first-order valence-corrected chi connectivity index (χ1v) is 11.2. The molecule has 0 aliphatic carbocycles. The van der Waals surface area contributed by atoms with Gasteiger partial charge in [-0.15, -0.1) is 0 Å². The molecule has 1 aliphatic heterocycles. The van der Waals surface area contributed by atoms with Crippen molar-refractivity contribution in [3.8, 4) is 22.8 Å². The fraction of sp³-hybridized carbons (Fsp3) is 0.154. The number of hydrogen-bond acceptors (Lipinski definition) is 7. The summed E-state index contributed by atoms with van der Waals surface area (Å²) in [5.41, 5.74) is 2.23. The number of halogens is 1. The van der Waals surface area contributed by atoms with Crippen molar-refractivity contribution >= 4 is 22.5 Å². The molecular formula is C26H21FN6O. The molecule has 0 bridgehead atoms. The molecule has 0 amide bonds. The largest absolute Gasteiger partial charge is 0.353 e. The molecule has 168 valence electrons. The Hall–Kier alpha value is -4.33. The van der Waals surface area contributed by atoms with Gasteiger partial charge in [0.1, 0.15) is 17.5 Å². The number of piperazine rings is 1. The van der Waals surface area contributed by atoms with Gasteiger partial charge in [0.2, 0.25) is 5.82 Å². The second-order valence-electron chi connectivity index (χ2n) is 8.14. The van der Waals surface area contributed by atoms with Crippen molar-refractivity contribution in [3.63, 3.8) is 0 Å². The van der Waals surface area contributed by atoms with Crippen LogP contribution < -0.4 is 9.80 Å². The Kier molecular flexibility index (Phi) is 5.10. The molecule has 1 aliphatic rings. The van der Waals surface area contributed by atoms with Crippen LogP contribution in [0.2, 0.25) is 0 Å². The Morgan fingerprint density at radius 1 is 0.765 bits per heavy atom. The third kappa shape index (κ3) is 3.83. The van der Waals surface area contributed by atoms with Gasteiger partial charge in [0.25, 0.3) is 5.89 Å². The number of benzene rings is 2. The molecule has 0 saturated carbocycles. The molecule has 34 heavy (non-hydrogen) atoms. The summed E-state index contributed by atoms with van der Waals surface area (Å²) >= 11 is 0. The molecule has 8 heteroatoms. The summed E-state index contributed by atoms with van der Waals surface area (Å²) in [6, 6.07) is 22.0. The predicted molar refractivity (Wildman–Crippen MR) is 129 cm³/mol. The van der Waals surface area contributed by atoms with Crippen molar-refractivity contribution in [2.75, 3.05) is 36.0 Å². The standard InChI is InChI=1S/C26H21FN6O/c27-19-7-5-6-18(16-19)25-30-26(34-31-25)21-17-24(29-22-9-2-1-8-20(21)22)33-14-12-32(13-15-33)23-10-3-4-11-28-23/h1-11,16-17H,12-15H2. The van der Waals surface area contributed by atoms with E-state index in [-0.39, 0.29) is 5.82 Å². The third-order valence-corrected chi connectivity index (χ3v) is 6.02. The predicted octanol–water partition coefficient (Wildman–Crippen LogP) is 4.81. The molecule has 1 fully saturated rings. The van der Waals surface area contributed by atoms with Gasteiger partial charge in [0.15, 0.2) is 0 Å². The van der Waals surface area contributed by atoms with Gasteiger partial charge in [-0.25, -0.2) is 14.4 Å². The van der Waals surface area contributed by atoms with Crippen LogP contribution in [-0.4, -0.2) is 46.3 Å². The molecule has 0 N–H and O–H groups in total. The van der Waals surface area contributed by atoms with Crippen molar-refractivity contribution < 1.29 is 8.91 Å². The van der Waals surface area contributed by atoms with E-state index in [1.54, 1.807) is 12.1 Å². The molecule has 7 nitrogen and oxygen atoms in total. The molecule has 0 radical (unpaired) electrons. The van der Waals surface area contributed by atoms with E-state index in [2.05, 4.69) is 24.9 Å². The summed E-state index contributed by atoms with van der Waals surface area (Å²) < 4.78 is 19.3. The number of aromatic nitrogens is 4. The SMILES string of the molecule is Fc1cccc(-c2noc(-c3cc(N4CCN(c5ccccn5)CC4)nc4ccccc34)n2)c1. The lowest BCUT2D eigenvalue weighted by molar-refractivity contribution is 0.432. The summed E-state index contributed by atoms with van der Waals surface area (Å²) in [6.07, 6.45) is 1.82. The highest BCUT2D eigenvalue weighted by Crippen LogP contribution is 2.32. The van der Waals surface area contributed by atoms with Gasteiger partial charge >= 0.3 is 0 Å². The van der Waals surface area contributed by atoms with E-state index in [1.807, 2.05) is 54.7 Å². The van der Waals surface area contributed by atoms with Crippen LogP contribution in [-0.2, 0) is 0 Å². The lowest BCUT2D eigenvalue weighted by Gasteiger charge is -2.36. The molecule has 6 rings (SSSR count). The molecule has 4 heterocycles. The van der Waals surface area contributed by atoms with Crippen LogP contribution >= 0.6 is 0 Å². The maximum atomic E-state index is 13.7. The number of nitrogens with zero attached hydrogens (tertiary/aromatic N) is 6. The van der Waals surface area contributed by atoms with E-state index < -0.39 is 0 Å². The smallest absolute Gasteiger partial charge is 0.259 e. The zero-order chi connectivity index (χ0) is 22.9. The van der Waals surface area contributed by atoms with Crippen LogP contribution in [0.5, 0.6) is 0 Å². The Balaban J connectivity index is 1.33. The van der Waals surface area contributed by atoms with Crippen LogP contribution in [0.3, 0.4) is 0 Å². The summed E-state index contributed by atoms with van der Waals surface area (Å²) in [6.45, 7) is 3.34. The summed E-state index contributed by atoms with van der Waals surface area (Å²) in [4.78, 5) is 18.5. The fourth-order valence-corrected chi connectivity index (χ4v) is 4.28. The first-order valence-electron chi connectivity index (χ1n) is 11.2. The van der Waals surface area contributed by atoms with Crippen molar-refractivity contribution in [2.45, 2.75) is 0 Å². The fourth-order valence-electron chi connectivity index (χ4n) is 4.28. The second kappa shape index (κ2) is 8.55. The molecular weight excluding hydrogens is 431 g/mol. The van der Waals surface area contributed by atoms with Crippen molar-refractivity contribution in [3.05, 3.63) is 84.8 Å². The number of para-hydroxylation sites is 1. The van der Waals surface area contributed by atoms with E-state index in [0.717, 1.165) is 54.3 Å². The molecule has 0 atom stereocenters. The zero-order valence-corrected chi connectivity index (χ0v) is 18.3. The van der Waals surface area contributed by atoms with Crippen LogP contribution in [0.25, 0.3) is 33.7 Å². The Morgan fingerprint density at radius 3 is 2.35 bits per heavy atom. The number of anilines is 2. The maximum absolute atomic E-state index is 13.7. The van der Waals surface area contributed by atoms with E-state index in [1.165, 1.54) is 12.1 Å². The third-order valence-electron chi connectivity index (χ3n) is 6.02. The number of fused-ring (bicyclic) bond motifs is 1. The summed E-state index contributed by atoms with van der Waals surface area (Å²) in [7, 11) is 0. The molecule has 2 aromatic carbocycles. The lowest BCUT2D eigenvalue weighted by atomic mass is 10.1. The zero-order valence-electron chi connectivity index (χ0n) is 18.3. The Labute approximate surface area is 195 Å². The van der Waals surface area contributed by atoms with Crippen LogP contribution in [0, 0.1) is 5.82 Å². The van der Waals surface area contributed by atoms with Gasteiger partial charge in [-0.3, -0.25) is 0 Å². The Bertz CT molecular complexity index is 1450. The van der Waals surface area contributed by atoms with Crippen LogP contribution in [0.15, 0.2) is 83.5 Å². The summed E-state index contributed by atoms with van der Waals surface area (Å²) in [5.74, 6) is 2.24. The van der Waals surface area contributed by atoms with E-state index in [4.69, 9.17) is 9.51 Å². The highest BCUT2D eigenvalue weighted by atomic mass is 19.1. The van der Waals surface area contributed by atoms with Gasteiger partial charge in [-0.05, 0) is 36.4 Å². The van der Waals surface area contributed by atoms with Gasteiger partial charge < -0.3 is 14.3 Å². The first-order chi connectivity index (χ1) is 16.7. The topological polar surface area (TPSA) is 71.2 Å². The highest BCUT2D eigenvalue weighted by molar-refractivity contribution is 5.94. The van der Waals surface area contributed by atoms with Crippen molar-refractivity contribution in [1.82, 2.24) is 20.1 Å². The average molecular weight is 452 g/mol. The van der Waals surface area contributed by atoms with E-state index in [9.17, 15) is 4.39 Å². The molecule has 0 unspecified atom stereocenters. The lowest BCUT2D eigenvalue weighted by Crippen LogP contribution is -2.47. The number of rotatable bonds is 4. The molecule has 3 aromatic heterocycles. The maximum Gasteiger partial charge on any atom is 0.259 e. The van der Waals surface area contributed by atoms with Gasteiger partial charge in [0.05, 0.1) is 11.1 Å².